The fraction of sp³-hybridized carbons (Fsp3) is 0.176. The molecule has 1 saturated carbocycles. The molecule has 0 N–H and O–H groups in total. The molecule has 0 unspecified atom stereocenters. The van der Waals surface area contributed by atoms with Gasteiger partial charge in [-0.05, 0) is 29.8 Å². The monoisotopic (exact) mass is 389 g/mol. The van der Waals surface area contributed by atoms with Crippen molar-refractivity contribution >= 4 is 32.1 Å². The number of hydrogen-bond donors (Lipinski definition) is 0. The van der Waals surface area contributed by atoms with Crippen LogP contribution in [0.2, 0.25) is 0 Å². The Bertz CT molecular complexity index is 888. The zero-order valence-corrected chi connectivity index (χ0v) is 14.3. The summed E-state index contributed by atoms with van der Waals surface area (Å²) in [5.74, 6) is -0.650. The van der Waals surface area contributed by atoms with Crippen LogP contribution in [0.3, 0.4) is 0 Å². The Kier molecular flexibility index (Phi) is 3.86. The van der Waals surface area contributed by atoms with Crippen molar-refractivity contribution in [3.8, 4) is 6.07 Å². The second kappa shape index (κ2) is 5.59. The molecule has 1 aliphatic rings. The molecule has 1 aliphatic carbocycles. The maximum absolute atomic E-state index is 12.9. The minimum Gasteiger partial charge on any atom is -0.302 e. The molecule has 2 aromatic carbocycles. The van der Waals surface area contributed by atoms with Crippen LogP contribution in [0.15, 0.2) is 64.0 Å². The van der Waals surface area contributed by atoms with Crippen molar-refractivity contribution < 1.29 is 13.2 Å². The van der Waals surface area contributed by atoms with Crippen LogP contribution >= 0.6 is 15.9 Å². The molecule has 3 atom stereocenters. The molecule has 1 fully saturated rings. The molecule has 0 amide bonds. The van der Waals surface area contributed by atoms with E-state index in [1.807, 2.05) is 6.07 Å². The van der Waals surface area contributed by atoms with E-state index >= 15 is 0 Å². The van der Waals surface area contributed by atoms with Gasteiger partial charge in [-0.15, -0.1) is 0 Å². The predicted molar refractivity (Wildman–Crippen MR) is 88.4 cm³/mol. The number of sulfone groups is 1. The van der Waals surface area contributed by atoms with Gasteiger partial charge in [0.25, 0.3) is 0 Å². The Morgan fingerprint density at radius 1 is 1.09 bits per heavy atom. The fourth-order valence-corrected chi connectivity index (χ4v) is 5.51. The van der Waals surface area contributed by atoms with Crippen LogP contribution in [0.5, 0.6) is 0 Å². The molecule has 0 saturated heterocycles. The van der Waals surface area contributed by atoms with E-state index in [1.165, 1.54) is 12.1 Å². The van der Waals surface area contributed by atoms with Gasteiger partial charge in [-0.3, -0.25) is 0 Å². The SMILES string of the molecule is N#C[C@]1(C=O)[C@@H](c2ccc(Br)cc2)[C@@H]1S(=O)(=O)c1ccccc1. The first-order valence-corrected chi connectivity index (χ1v) is 9.23. The summed E-state index contributed by atoms with van der Waals surface area (Å²) in [5, 5.41) is 8.41. The number of rotatable bonds is 4. The number of benzene rings is 2. The van der Waals surface area contributed by atoms with Crippen LogP contribution in [-0.4, -0.2) is 20.0 Å². The second-order valence-electron chi connectivity index (χ2n) is 5.47. The van der Waals surface area contributed by atoms with Gasteiger partial charge in [0.1, 0.15) is 17.0 Å². The molecule has 0 aliphatic heterocycles. The summed E-state index contributed by atoms with van der Waals surface area (Å²) in [6.07, 6.45) is 0.477. The van der Waals surface area contributed by atoms with Gasteiger partial charge in [0.15, 0.2) is 9.84 Å². The van der Waals surface area contributed by atoms with Gasteiger partial charge < -0.3 is 4.79 Å². The van der Waals surface area contributed by atoms with E-state index in [4.69, 9.17) is 0 Å². The van der Waals surface area contributed by atoms with Crippen molar-refractivity contribution in [1.82, 2.24) is 0 Å². The third-order valence-electron chi connectivity index (χ3n) is 4.20. The molecule has 0 radical (unpaired) electrons. The summed E-state index contributed by atoms with van der Waals surface area (Å²) >= 11 is 3.32. The second-order valence-corrected chi connectivity index (χ2v) is 8.46. The van der Waals surface area contributed by atoms with Gasteiger partial charge >= 0.3 is 0 Å². The molecular formula is C17H12BrNO3S. The smallest absolute Gasteiger partial charge is 0.183 e. The summed E-state index contributed by atoms with van der Waals surface area (Å²) < 4.78 is 26.6. The molecule has 0 aromatic heterocycles. The lowest BCUT2D eigenvalue weighted by molar-refractivity contribution is -0.110. The van der Waals surface area contributed by atoms with Crippen LogP contribution in [0.25, 0.3) is 0 Å². The molecule has 4 nitrogen and oxygen atoms in total. The van der Waals surface area contributed by atoms with E-state index in [1.54, 1.807) is 42.5 Å². The fourth-order valence-electron chi connectivity index (χ4n) is 2.99. The zero-order chi connectivity index (χ0) is 16.7. The van der Waals surface area contributed by atoms with Gasteiger partial charge in [-0.2, -0.15) is 5.26 Å². The van der Waals surface area contributed by atoms with E-state index in [2.05, 4.69) is 15.9 Å². The Morgan fingerprint density at radius 2 is 1.70 bits per heavy atom. The average Bonchev–Trinajstić information content (AvgIpc) is 3.27. The highest BCUT2D eigenvalue weighted by atomic mass is 79.9. The normalized spacial score (nSPS) is 26.3. The predicted octanol–water partition coefficient (Wildman–Crippen LogP) is 3.10. The molecule has 23 heavy (non-hydrogen) atoms. The van der Waals surface area contributed by atoms with Crippen molar-refractivity contribution in [2.45, 2.75) is 16.1 Å². The summed E-state index contributed by atoms with van der Waals surface area (Å²) in [6, 6.07) is 16.9. The van der Waals surface area contributed by atoms with Crippen LogP contribution in [0.4, 0.5) is 0 Å². The van der Waals surface area contributed by atoms with E-state index in [9.17, 15) is 18.5 Å². The van der Waals surface area contributed by atoms with Crippen LogP contribution in [0.1, 0.15) is 11.5 Å². The largest absolute Gasteiger partial charge is 0.302 e. The lowest BCUT2D eigenvalue weighted by atomic mass is 10.0. The summed E-state index contributed by atoms with van der Waals surface area (Å²) in [6.45, 7) is 0. The highest BCUT2D eigenvalue weighted by Gasteiger charge is 2.72. The number of nitriles is 1. The summed E-state index contributed by atoms with van der Waals surface area (Å²) in [4.78, 5) is 11.7. The quantitative estimate of drug-likeness (QED) is 0.752. The first kappa shape index (κ1) is 15.9. The van der Waals surface area contributed by atoms with Crippen molar-refractivity contribution in [2.24, 2.45) is 5.41 Å². The van der Waals surface area contributed by atoms with Crippen LogP contribution in [0, 0.1) is 16.7 Å². The van der Waals surface area contributed by atoms with Crippen LogP contribution < -0.4 is 0 Å². The van der Waals surface area contributed by atoms with E-state index in [0.29, 0.717) is 11.8 Å². The zero-order valence-electron chi connectivity index (χ0n) is 11.9. The number of hydrogen-bond acceptors (Lipinski definition) is 4. The average molecular weight is 390 g/mol. The Hall–Kier alpha value is -1.97. The molecule has 2 aromatic rings. The number of nitrogens with zero attached hydrogens (tertiary/aromatic N) is 1. The van der Waals surface area contributed by atoms with E-state index in [-0.39, 0.29) is 4.90 Å². The van der Waals surface area contributed by atoms with Gasteiger partial charge in [-0.1, -0.05) is 46.3 Å². The summed E-state index contributed by atoms with van der Waals surface area (Å²) in [7, 11) is -3.77. The molecule has 3 rings (SSSR count). The molecule has 116 valence electrons. The third kappa shape index (κ3) is 2.41. The van der Waals surface area contributed by atoms with Crippen molar-refractivity contribution in [2.75, 3.05) is 0 Å². The summed E-state index contributed by atoms with van der Waals surface area (Å²) in [5.41, 5.74) is -0.853. The molecular weight excluding hydrogens is 378 g/mol. The minimum absolute atomic E-state index is 0.131. The number of halogens is 1. The molecule has 0 bridgehead atoms. The maximum atomic E-state index is 12.9. The highest BCUT2D eigenvalue weighted by Crippen LogP contribution is 2.62. The minimum atomic E-state index is -3.77. The van der Waals surface area contributed by atoms with Gasteiger partial charge in [0, 0.05) is 10.4 Å². The third-order valence-corrected chi connectivity index (χ3v) is 6.99. The van der Waals surface area contributed by atoms with Gasteiger partial charge in [0.05, 0.1) is 11.0 Å². The van der Waals surface area contributed by atoms with Crippen molar-refractivity contribution in [1.29, 1.82) is 5.26 Å². The van der Waals surface area contributed by atoms with Crippen molar-refractivity contribution in [3.05, 3.63) is 64.6 Å². The first-order chi connectivity index (χ1) is 11.0. The molecule has 0 heterocycles. The number of carbonyl (C=O) groups is 1. The van der Waals surface area contributed by atoms with Crippen molar-refractivity contribution in [3.63, 3.8) is 0 Å². The number of carbonyl (C=O) groups excluding carboxylic acids is 1. The van der Waals surface area contributed by atoms with Crippen LogP contribution in [-0.2, 0) is 14.6 Å². The Labute approximate surface area is 142 Å². The molecule has 0 spiro atoms. The Morgan fingerprint density at radius 3 is 2.22 bits per heavy atom. The number of aldehydes is 1. The van der Waals surface area contributed by atoms with E-state index in [0.717, 1.165) is 4.47 Å². The first-order valence-electron chi connectivity index (χ1n) is 6.89. The standard InChI is InChI=1S/C17H12BrNO3S/c18-13-8-6-12(7-9-13)15-16(17(15,10-19)11-20)23(21,22)14-4-2-1-3-5-14/h1-9,11,15-16H/t15-,16-,17-/m0/s1. The topological polar surface area (TPSA) is 75.0 Å². The van der Waals surface area contributed by atoms with E-state index < -0.39 is 26.4 Å². The van der Waals surface area contributed by atoms with Gasteiger partial charge in [-0.25, -0.2) is 8.42 Å². The lowest BCUT2D eigenvalue weighted by Gasteiger charge is -2.04. The lowest BCUT2D eigenvalue weighted by Crippen LogP contribution is -2.16. The molecule has 6 heteroatoms. The van der Waals surface area contributed by atoms with Gasteiger partial charge in [0.2, 0.25) is 0 Å². The Balaban J connectivity index is 2.09. The highest BCUT2D eigenvalue weighted by molar-refractivity contribution is 9.10. The maximum Gasteiger partial charge on any atom is 0.183 e.